The Morgan fingerprint density at radius 3 is 2.28 bits per heavy atom. The van der Waals surface area contributed by atoms with Crippen LogP contribution in [0.4, 0.5) is 0 Å². The largest absolute Gasteiger partial charge is 0.392 e. The Kier molecular flexibility index (Phi) is 10.3. The summed E-state index contributed by atoms with van der Waals surface area (Å²) in [6.45, 7) is 5.17. The lowest BCUT2D eigenvalue weighted by atomic mass is 10.1. The van der Waals surface area contributed by atoms with Gasteiger partial charge in [0, 0.05) is 6.42 Å². The molecule has 0 radical (unpaired) electrons. The van der Waals surface area contributed by atoms with Gasteiger partial charge < -0.3 is 10.5 Å². The Morgan fingerprint density at radius 1 is 1.17 bits per heavy atom. The van der Waals surface area contributed by atoms with E-state index in [0.717, 1.165) is 25.7 Å². The second-order valence-corrected chi connectivity index (χ2v) is 4.53. The molecule has 4 nitrogen and oxygen atoms in total. The lowest BCUT2D eigenvalue weighted by Crippen LogP contribution is -2.30. The first-order chi connectivity index (χ1) is 8.57. The molecule has 0 aromatic rings. The van der Waals surface area contributed by atoms with Crippen molar-refractivity contribution in [2.45, 2.75) is 64.3 Å². The zero-order valence-corrected chi connectivity index (χ0v) is 11.3. The van der Waals surface area contributed by atoms with Crippen molar-refractivity contribution < 1.29 is 14.3 Å². The molecule has 2 N–H and O–H groups in total. The number of hydrogen-bond donors (Lipinski definition) is 1. The fraction of sp³-hybridized carbons (Fsp3) is 0.714. The van der Waals surface area contributed by atoms with Crippen molar-refractivity contribution in [2.24, 2.45) is 5.73 Å². The number of hydrogen-bond acceptors (Lipinski definition) is 4. The molecule has 0 amide bonds. The fourth-order valence-corrected chi connectivity index (χ4v) is 1.52. The minimum atomic E-state index is -0.737. The second kappa shape index (κ2) is 11.0. The van der Waals surface area contributed by atoms with Gasteiger partial charge in [0.05, 0.1) is 0 Å². The predicted molar refractivity (Wildman–Crippen MR) is 71.9 cm³/mol. The molecule has 0 saturated heterocycles. The number of nitrogens with two attached hydrogens (primary N) is 1. The smallest absolute Gasteiger partial charge is 0.330 e. The maximum atomic E-state index is 11.2. The quantitative estimate of drug-likeness (QED) is 0.282. The Labute approximate surface area is 110 Å². The fourth-order valence-electron chi connectivity index (χ4n) is 1.52. The molecule has 0 bridgehead atoms. The van der Waals surface area contributed by atoms with Crippen molar-refractivity contribution in [1.29, 1.82) is 0 Å². The maximum Gasteiger partial charge on any atom is 0.330 e. The average Bonchev–Trinajstić information content (AvgIpc) is 2.32. The number of carbonyl (C=O) groups is 2. The van der Waals surface area contributed by atoms with Crippen molar-refractivity contribution >= 4 is 11.9 Å². The standard InChI is InChI=1S/C14H25NO3/c1-3-4-5-6-7-8-9-10-11-13(16)18-14(17)12(2)15/h3,12H,1,4-11,15H2,2H3/t12-/m0/s1. The Morgan fingerprint density at radius 2 is 1.72 bits per heavy atom. The van der Waals surface area contributed by atoms with Crippen molar-refractivity contribution in [1.82, 2.24) is 0 Å². The maximum absolute atomic E-state index is 11.2. The van der Waals surface area contributed by atoms with Crippen molar-refractivity contribution in [3.63, 3.8) is 0 Å². The molecule has 1 atom stereocenters. The summed E-state index contributed by atoms with van der Waals surface area (Å²) in [6, 6.07) is -0.737. The molecule has 0 saturated carbocycles. The summed E-state index contributed by atoms with van der Waals surface area (Å²) in [5, 5.41) is 0. The molecule has 0 aliphatic heterocycles. The lowest BCUT2D eigenvalue weighted by molar-refractivity contribution is -0.160. The predicted octanol–water partition coefficient (Wildman–Crippen LogP) is 2.71. The van der Waals surface area contributed by atoms with Crippen LogP contribution >= 0.6 is 0 Å². The van der Waals surface area contributed by atoms with Gasteiger partial charge in [-0.05, 0) is 26.2 Å². The number of allylic oxidation sites excluding steroid dienone is 1. The zero-order valence-electron chi connectivity index (χ0n) is 11.3. The number of unbranched alkanes of at least 4 members (excludes halogenated alkanes) is 6. The average molecular weight is 255 g/mol. The van der Waals surface area contributed by atoms with Crippen LogP contribution in [0, 0.1) is 0 Å². The van der Waals surface area contributed by atoms with E-state index in [1.54, 1.807) is 0 Å². The molecule has 4 heteroatoms. The highest BCUT2D eigenvalue weighted by Gasteiger charge is 2.13. The minimum absolute atomic E-state index is 0.297. The van der Waals surface area contributed by atoms with Crippen LogP contribution in [0.3, 0.4) is 0 Å². The third-order valence-corrected chi connectivity index (χ3v) is 2.63. The van der Waals surface area contributed by atoms with Gasteiger partial charge >= 0.3 is 11.9 Å². The monoisotopic (exact) mass is 255 g/mol. The molecule has 0 aromatic heterocycles. The van der Waals surface area contributed by atoms with Crippen molar-refractivity contribution in [3.05, 3.63) is 12.7 Å². The number of esters is 2. The van der Waals surface area contributed by atoms with Crippen molar-refractivity contribution in [3.8, 4) is 0 Å². The second-order valence-electron chi connectivity index (χ2n) is 4.53. The van der Waals surface area contributed by atoms with E-state index in [0.29, 0.717) is 6.42 Å². The zero-order chi connectivity index (χ0) is 13.8. The van der Waals surface area contributed by atoms with E-state index < -0.39 is 18.0 Å². The topological polar surface area (TPSA) is 69.4 Å². The minimum Gasteiger partial charge on any atom is -0.392 e. The van der Waals surface area contributed by atoms with Gasteiger partial charge in [0.15, 0.2) is 0 Å². The van der Waals surface area contributed by atoms with Crippen LogP contribution in [0.25, 0.3) is 0 Å². The summed E-state index contributed by atoms with van der Waals surface area (Å²) in [4.78, 5) is 22.2. The molecule has 0 aliphatic rings. The third kappa shape index (κ3) is 10.0. The highest BCUT2D eigenvalue weighted by molar-refractivity contribution is 5.87. The number of carbonyl (C=O) groups excluding carboxylic acids is 2. The summed E-state index contributed by atoms with van der Waals surface area (Å²) in [6.07, 6.45) is 9.77. The van der Waals surface area contributed by atoms with Gasteiger partial charge in [-0.15, -0.1) is 6.58 Å². The first-order valence-electron chi connectivity index (χ1n) is 6.69. The van der Waals surface area contributed by atoms with Gasteiger partial charge in [-0.2, -0.15) is 0 Å². The van der Waals surface area contributed by atoms with Crippen LogP contribution in [-0.4, -0.2) is 18.0 Å². The molecular weight excluding hydrogens is 230 g/mol. The van der Waals surface area contributed by atoms with Gasteiger partial charge in [0.2, 0.25) is 0 Å². The SMILES string of the molecule is C=CCCCCCCCCC(=O)OC(=O)[C@H](C)N. The lowest BCUT2D eigenvalue weighted by Gasteiger charge is -2.05. The van der Waals surface area contributed by atoms with E-state index in [4.69, 9.17) is 5.73 Å². The first-order valence-corrected chi connectivity index (χ1v) is 6.69. The van der Waals surface area contributed by atoms with Gasteiger partial charge in [-0.25, -0.2) is 4.79 Å². The van der Waals surface area contributed by atoms with E-state index >= 15 is 0 Å². The van der Waals surface area contributed by atoms with E-state index in [1.807, 2.05) is 6.08 Å². The third-order valence-electron chi connectivity index (χ3n) is 2.63. The number of ether oxygens (including phenoxy) is 1. The summed E-state index contributed by atoms with van der Waals surface area (Å²) in [5.74, 6) is -1.12. The Hall–Kier alpha value is -1.16. The summed E-state index contributed by atoms with van der Waals surface area (Å²) >= 11 is 0. The molecule has 0 heterocycles. The van der Waals surface area contributed by atoms with Crippen LogP contribution in [0.15, 0.2) is 12.7 Å². The number of rotatable bonds is 10. The molecule has 0 spiro atoms. The molecule has 0 aliphatic carbocycles. The summed E-state index contributed by atoms with van der Waals surface area (Å²) in [7, 11) is 0. The molecule has 0 rings (SSSR count). The van der Waals surface area contributed by atoms with Crippen LogP contribution in [0.5, 0.6) is 0 Å². The van der Waals surface area contributed by atoms with E-state index in [-0.39, 0.29) is 0 Å². The highest BCUT2D eigenvalue weighted by atomic mass is 16.6. The normalized spacial score (nSPS) is 11.9. The Bertz CT molecular complexity index is 262. The molecular formula is C14H25NO3. The van der Waals surface area contributed by atoms with Gasteiger partial charge in [-0.3, -0.25) is 4.79 Å². The Balaban J connectivity index is 3.35. The van der Waals surface area contributed by atoms with Crippen LogP contribution < -0.4 is 5.73 Å². The van der Waals surface area contributed by atoms with Gasteiger partial charge in [0.25, 0.3) is 0 Å². The molecule has 0 fully saturated rings. The van der Waals surface area contributed by atoms with Gasteiger partial charge in [-0.1, -0.05) is 31.8 Å². The summed E-state index contributed by atoms with van der Waals surface area (Å²) in [5.41, 5.74) is 5.28. The van der Waals surface area contributed by atoms with Crippen LogP contribution in [0.2, 0.25) is 0 Å². The van der Waals surface area contributed by atoms with E-state index in [1.165, 1.54) is 26.2 Å². The first kappa shape index (κ1) is 16.8. The summed E-state index contributed by atoms with van der Waals surface area (Å²) < 4.78 is 4.56. The molecule has 18 heavy (non-hydrogen) atoms. The highest BCUT2D eigenvalue weighted by Crippen LogP contribution is 2.09. The van der Waals surface area contributed by atoms with E-state index in [2.05, 4.69) is 11.3 Å². The molecule has 0 aromatic carbocycles. The van der Waals surface area contributed by atoms with Crippen LogP contribution in [0.1, 0.15) is 58.3 Å². The van der Waals surface area contributed by atoms with E-state index in [9.17, 15) is 9.59 Å². The van der Waals surface area contributed by atoms with Crippen LogP contribution in [-0.2, 0) is 14.3 Å². The van der Waals surface area contributed by atoms with Crippen molar-refractivity contribution in [2.75, 3.05) is 0 Å². The molecule has 104 valence electrons. The molecule has 0 unspecified atom stereocenters. The van der Waals surface area contributed by atoms with Gasteiger partial charge in [0.1, 0.15) is 6.04 Å².